The van der Waals surface area contributed by atoms with Crippen molar-refractivity contribution in [2.24, 2.45) is 11.7 Å². The zero-order valence-electron chi connectivity index (χ0n) is 11.6. The molecule has 7 heteroatoms. The van der Waals surface area contributed by atoms with E-state index in [2.05, 4.69) is 16.5 Å². The van der Waals surface area contributed by atoms with Gasteiger partial charge in [0.15, 0.2) is 0 Å². The SMILES string of the molecule is CC(CN)CN1CCN(S(=O)(=O)NC(C)C)CC1. The second kappa shape index (κ2) is 6.81. The van der Waals surface area contributed by atoms with Crippen LogP contribution in [-0.4, -0.2) is 62.9 Å². The first-order valence-corrected chi connectivity index (χ1v) is 7.99. The number of nitrogens with zero attached hydrogens (tertiary/aromatic N) is 2. The Labute approximate surface area is 111 Å². The quantitative estimate of drug-likeness (QED) is 0.683. The van der Waals surface area contributed by atoms with Crippen molar-refractivity contribution in [1.29, 1.82) is 0 Å². The second-order valence-electron chi connectivity index (χ2n) is 5.32. The molecule has 0 aromatic rings. The van der Waals surface area contributed by atoms with Gasteiger partial charge in [-0.1, -0.05) is 6.92 Å². The maximum absolute atomic E-state index is 12.0. The van der Waals surface area contributed by atoms with Gasteiger partial charge in [0.25, 0.3) is 10.2 Å². The van der Waals surface area contributed by atoms with Crippen LogP contribution in [0.1, 0.15) is 20.8 Å². The molecular weight excluding hydrogens is 252 g/mol. The minimum atomic E-state index is -3.31. The van der Waals surface area contributed by atoms with E-state index in [9.17, 15) is 8.42 Å². The van der Waals surface area contributed by atoms with Crippen LogP contribution in [0.2, 0.25) is 0 Å². The molecule has 1 rings (SSSR count). The molecule has 1 heterocycles. The molecule has 1 aliphatic rings. The predicted molar refractivity (Wildman–Crippen MR) is 73.4 cm³/mol. The Morgan fingerprint density at radius 3 is 2.17 bits per heavy atom. The molecule has 6 nitrogen and oxygen atoms in total. The highest BCUT2D eigenvalue weighted by molar-refractivity contribution is 7.87. The van der Waals surface area contributed by atoms with Crippen LogP contribution in [0.3, 0.4) is 0 Å². The number of piperazine rings is 1. The van der Waals surface area contributed by atoms with Gasteiger partial charge in [0, 0.05) is 38.8 Å². The van der Waals surface area contributed by atoms with Crippen LogP contribution in [0.4, 0.5) is 0 Å². The highest BCUT2D eigenvalue weighted by Crippen LogP contribution is 2.08. The zero-order valence-corrected chi connectivity index (χ0v) is 12.4. The summed E-state index contributed by atoms with van der Waals surface area (Å²) in [7, 11) is -3.31. The van der Waals surface area contributed by atoms with E-state index in [1.54, 1.807) is 0 Å². The lowest BCUT2D eigenvalue weighted by Gasteiger charge is -2.35. The Kier molecular flexibility index (Phi) is 6.00. The highest BCUT2D eigenvalue weighted by Gasteiger charge is 2.27. The summed E-state index contributed by atoms with van der Waals surface area (Å²) in [5.41, 5.74) is 5.60. The molecule has 1 unspecified atom stereocenters. The Hall–Kier alpha value is -0.210. The van der Waals surface area contributed by atoms with Crippen LogP contribution in [0.25, 0.3) is 0 Å². The van der Waals surface area contributed by atoms with E-state index in [4.69, 9.17) is 5.73 Å². The first kappa shape index (κ1) is 15.8. The molecule has 0 aliphatic carbocycles. The first-order chi connectivity index (χ1) is 8.35. The third-order valence-corrected chi connectivity index (χ3v) is 4.84. The molecule has 3 N–H and O–H groups in total. The molecule has 1 saturated heterocycles. The van der Waals surface area contributed by atoms with Crippen LogP contribution in [0.15, 0.2) is 0 Å². The zero-order chi connectivity index (χ0) is 13.8. The Morgan fingerprint density at radius 2 is 1.72 bits per heavy atom. The molecule has 0 amide bonds. The van der Waals surface area contributed by atoms with Gasteiger partial charge < -0.3 is 10.6 Å². The summed E-state index contributed by atoms with van der Waals surface area (Å²) in [6, 6.07) is -0.0645. The summed E-state index contributed by atoms with van der Waals surface area (Å²) < 4.78 is 28.1. The average Bonchev–Trinajstić information content (AvgIpc) is 2.28. The molecule has 0 radical (unpaired) electrons. The van der Waals surface area contributed by atoms with Crippen molar-refractivity contribution >= 4 is 10.2 Å². The van der Waals surface area contributed by atoms with Gasteiger partial charge >= 0.3 is 0 Å². The second-order valence-corrected chi connectivity index (χ2v) is 7.02. The van der Waals surface area contributed by atoms with Crippen LogP contribution >= 0.6 is 0 Å². The average molecular weight is 278 g/mol. The predicted octanol–water partition coefficient (Wildman–Crippen LogP) is -0.558. The topological polar surface area (TPSA) is 78.7 Å². The largest absolute Gasteiger partial charge is 0.330 e. The maximum Gasteiger partial charge on any atom is 0.279 e. The van der Waals surface area contributed by atoms with Gasteiger partial charge in [-0.05, 0) is 26.3 Å². The van der Waals surface area contributed by atoms with Crippen LogP contribution in [0.5, 0.6) is 0 Å². The van der Waals surface area contributed by atoms with Crippen LogP contribution < -0.4 is 10.5 Å². The van der Waals surface area contributed by atoms with E-state index >= 15 is 0 Å². The smallest absolute Gasteiger partial charge is 0.279 e. The molecule has 1 fully saturated rings. The van der Waals surface area contributed by atoms with Gasteiger partial charge in [0.05, 0.1) is 0 Å². The highest BCUT2D eigenvalue weighted by atomic mass is 32.2. The van der Waals surface area contributed by atoms with Crippen LogP contribution in [-0.2, 0) is 10.2 Å². The molecule has 0 spiro atoms. The van der Waals surface area contributed by atoms with Crippen molar-refractivity contribution in [3.8, 4) is 0 Å². The summed E-state index contributed by atoms with van der Waals surface area (Å²) in [5, 5.41) is 0. The lowest BCUT2D eigenvalue weighted by atomic mass is 10.1. The molecule has 18 heavy (non-hydrogen) atoms. The van der Waals surface area contributed by atoms with E-state index in [0.29, 0.717) is 25.6 Å². The van der Waals surface area contributed by atoms with Crippen molar-refractivity contribution < 1.29 is 8.42 Å². The Morgan fingerprint density at radius 1 is 1.17 bits per heavy atom. The monoisotopic (exact) mass is 278 g/mol. The minimum Gasteiger partial charge on any atom is -0.330 e. The van der Waals surface area contributed by atoms with Crippen molar-refractivity contribution in [3.05, 3.63) is 0 Å². The molecule has 0 saturated carbocycles. The van der Waals surface area contributed by atoms with Gasteiger partial charge in [-0.2, -0.15) is 17.4 Å². The van der Waals surface area contributed by atoms with Gasteiger partial charge in [-0.15, -0.1) is 0 Å². The summed E-state index contributed by atoms with van der Waals surface area (Å²) >= 11 is 0. The fraction of sp³-hybridized carbons (Fsp3) is 1.00. The van der Waals surface area contributed by atoms with Crippen molar-refractivity contribution in [1.82, 2.24) is 13.9 Å². The number of hydrogen-bond donors (Lipinski definition) is 2. The lowest BCUT2D eigenvalue weighted by Crippen LogP contribution is -2.53. The number of rotatable bonds is 6. The van der Waals surface area contributed by atoms with Gasteiger partial charge in [0.1, 0.15) is 0 Å². The third kappa shape index (κ3) is 4.81. The van der Waals surface area contributed by atoms with E-state index in [1.807, 2.05) is 13.8 Å². The van der Waals surface area contributed by atoms with Crippen molar-refractivity contribution in [3.63, 3.8) is 0 Å². The summed E-state index contributed by atoms with van der Waals surface area (Å²) in [5.74, 6) is 0.460. The molecule has 0 aromatic heterocycles. The first-order valence-electron chi connectivity index (χ1n) is 6.55. The maximum atomic E-state index is 12.0. The molecule has 108 valence electrons. The van der Waals surface area contributed by atoms with Gasteiger partial charge in [-0.3, -0.25) is 0 Å². The molecule has 0 aromatic carbocycles. The Balaban J connectivity index is 2.44. The number of hydrogen-bond acceptors (Lipinski definition) is 4. The van der Waals surface area contributed by atoms with Gasteiger partial charge in [-0.25, -0.2) is 0 Å². The fourth-order valence-electron chi connectivity index (χ4n) is 2.04. The van der Waals surface area contributed by atoms with Gasteiger partial charge in [0.2, 0.25) is 0 Å². The van der Waals surface area contributed by atoms with E-state index in [-0.39, 0.29) is 6.04 Å². The van der Waals surface area contributed by atoms with Crippen molar-refractivity contribution in [2.75, 3.05) is 39.3 Å². The van der Waals surface area contributed by atoms with E-state index < -0.39 is 10.2 Å². The van der Waals surface area contributed by atoms with Crippen molar-refractivity contribution in [2.45, 2.75) is 26.8 Å². The Bertz CT molecular complexity index is 337. The number of nitrogens with one attached hydrogen (secondary N) is 1. The normalized spacial score (nSPS) is 21.4. The standard InChI is InChI=1S/C11H26N4O2S/c1-10(2)13-18(16,17)15-6-4-14(5-7-15)9-11(3)8-12/h10-11,13H,4-9,12H2,1-3H3. The summed E-state index contributed by atoms with van der Waals surface area (Å²) in [6.07, 6.45) is 0. The molecule has 0 bridgehead atoms. The van der Waals surface area contributed by atoms with Crippen LogP contribution in [0, 0.1) is 5.92 Å². The molecular formula is C11H26N4O2S. The lowest BCUT2D eigenvalue weighted by molar-refractivity contribution is 0.168. The van der Waals surface area contributed by atoms with E-state index in [1.165, 1.54) is 4.31 Å². The third-order valence-electron chi connectivity index (χ3n) is 3.03. The molecule has 1 atom stereocenters. The summed E-state index contributed by atoms with van der Waals surface area (Å²) in [4.78, 5) is 2.28. The summed E-state index contributed by atoms with van der Waals surface area (Å²) in [6.45, 7) is 10.1. The number of nitrogens with two attached hydrogens (primary N) is 1. The van der Waals surface area contributed by atoms with E-state index in [0.717, 1.165) is 19.6 Å². The fourth-order valence-corrected chi connectivity index (χ4v) is 3.43. The minimum absolute atomic E-state index is 0.0645. The molecule has 1 aliphatic heterocycles.